The number of carbonyl (C=O) groups excluding carboxylic acids is 1. The van der Waals surface area contributed by atoms with Gasteiger partial charge >= 0.3 is 0 Å². The first-order valence-electron chi connectivity index (χ1n) is 10.2. The molecular formula is C22H27ClF3N5O. The third-order valence-electron chi connectivity index (χ3n) is 4.62. The zero-order valence-electron chi connectivity index (χ0n) is 17.8. The molecule has 2 rings (SSSR count). The van der Waals surface area contributed by atoms with Gasteiger partial charge in [0, 0.05) is 30.1 Å². The molecule has 0 heterocycles. The van der Waals surface area contributed by atoms with E-state index in [9.17, 15) is 18.0 Å². The summed E-state index contributed by atoms with van der Waals surface area (Å²) in [5.41, 5.74) is 12.4. The maximum absolute atomic E-state index is 13.7. The molecule has 0 aliphatic rings. The van der Waals surface area contributed by atoms with Gasteiger partial charge < -0.3 is 16.8 Å². The Kier molecular flexibility index (Phi) is 9.49. The highest BCUT2D eigenvalue weighted by molar-refractivity contribution is 6.30. The lowest BCUT2D eigenvalue weighted by molar-refractivity contribution is 0.0975. The molecule has 6 N–H and O–H groups in total. The van der Waals surface area contributed by atoms with Crippen molar-refractivity contribution in [2.75, 3.05) is 0 Å². The van der Waals surface area contributed by atoms with Gasteiger partial charge in [-0.2, -0.15) is 0 Å². The maximum atomic E-state index is 13.7. The Bertz CT molecular complexity index is 952. The summed E-state index contributed by atoms with van der Waals surface area (Å²) in [6.07, 6.45) is 0.846. The van der Waals surface area contributed by atoms with Crippen molar-refractivity contribution in [3.8, 4) is 0 Å². The lowest BCUT2D eigenvalue weighted by Crippen LogP contribution is -2.46. The molecule has 32 heavy (non-hydrogen) atoms. The zero-order valence-corrected chi connectivity index (χ0v) is 18.6. The Morgan fingerprint density at radius 3 is 2.38 bits per heavy atom. The highest BCUT2D eigenvalue weighted by atomic mass is 35.5. The van der Waals surface area contributed by atoms with Gasteiger partial charge in [0.05, 0.1) is 5.02 Å². The van der Waals surface area contributed by atoms with E-state index in [4.69, 9.17) is 23.1 Å². The molecular weight excluding hydrogens is 443 g/mol. The van der Waals surface area contributed by atoms with Crippen molar-refractivity contribution in [3.05, 3.63) is 70.0 Å². The van der Waals surface area contributed by atoms with Crippen molar-refractivity contribution in [1.29, 1.82) is 0 Å². The average molecular weight is 470 g/mol. The van der Waals surface area contributed by atoms with E-state index in [1.54, 1.807) is 0 Å². The Morgan fingerprint density at radius 2 is 1.78 bits per heavy atom. The number of aliphatic imine (C=N–C) groups is 1. The van der Waals surface area contributed by atoms with Gasteiger partial charge in [0.2, 0.25) is 0 Å². The monoisotopic (exact) mass is 469 g/mol. The first kappa shape index (κ1) is 25.6. The van der Waals surface area contributed by atoms with Crippen LogP contribution in [-0.2, 0) is 0 Å². The molecule has 3 unspecified atom stereocenters. The number of nitrogens with zero attached hydrogens (tertiary/aromatic N) is 1. The summed E-state index contributed by atoms with van der Waals surface area (Å²) < 4.78 is 40.6. The van der Waals surface area contributed by atoms with E-state index in [0.717, 1.165) is 37.1 Å². The average Bonchev–Trinajstić information content (AvgIpc) is 2.69. The number of halogens is 4. The number of hydrogen-bond donors (Lipinski definition) is 4. The fraction of sp³-hybridized carbons (Fsp3) is 0.364. The molecule has 0 saturated carbocycles. The van der Waals surface area contributed by atoms with Crippen molar-refractivity contribution < 1.29 is 18.0 Å². The van der Waals surface area contributed by atoms with E-state index in [1.807, 2.05) is 13.8 Å². The molecule has 174 valence electrons. The summed E-state index contributed by atoms with van der Waals surface area (Å²) in [4.78, 5) is 16.8. The van der Waals surface area contributed by atoms with E-state index in [-0.39, 0.29) is 34.6 Å². The van der Waals surface area contributed by atoms with Crippen molar-refractivity contribution >= 4 is 23.5 Å². The highest BCUT2D eigenvalue weighted by Crippen LogP contribution is 2.19. The van der Waals surface area contributed by atoms with E-state index >= 15 is 0 Å². The van der Waals surface area contributed by atoms with Gasteiger partial charge in [0.1, 0.15) is 23.6 Å². The summed E-state index contributed by atoms with van der Waals surface area (Å²) in [5.74, 6) is -2.75. The third kappa shape index (κ3) is 7.81. The minimum absolute atomic E-state index is 0.0424. The van der Waals surface area contributed by atoms with Crippen LogP contribution in [0.5, 0.6) is 0 Å². The Hall–Kier alpha value is -2.62. The molecule has 0 spiro atoms. The molecule has 0 aliphatic carbocycles. The number of nitrogens with one attached hydrogen (secondary N) is 2. The molecule has 0 radical (unpaired) electrons. The van der Waals surface area contributed by atoms with Gasteiger partial charge in [-0.15, -0.1) is 0 Å². The second-order valence-corrected chi connectivity index (χ2v) is 7.91. The molecule has 0 bridgehead atoms. The van der Waals surface area contributed by atoms with Crippen LogP contribution >= 0.6 is 11.6 Å². The summed E-state index contributed by atoms with van der Waals surface area (Å²) in [6, 6.07) is 5.85. The number of rotatable bonds is 8. The molecule has 0 aromatic heterocycles. The molecule has 2 aromatic carbocycles. The second-order valence-electron chi connectivity index (χ2n) is 7.51. The van der Waals surface area contributed by atoms with Crippen molar-refractivity contribution in [1.82, 2.24) is 10.6 Å². The maximum Gasteiger partial charge on any atom is 0.258 e. The van der Waals surface area contributed by atoms with Crippen LogP contribution in [0, 0.1) is 17.5 Å². The van der Waals surface area contributed by atoms with Crippen molar-refractivity contribution in [2.45, 2.75) is 51.4 Å². The van der Waals surface area contributed by atoms with Gasteiger partial charge in [0.25, 0.3) is 5.91 Å². The molecule has 2 aromatic rings. The molecule has 1 amide bonds. The van der Waals surface area contributed by atoms with E-state index in [2.05, 4.69) is 15.6 Å². The van der Waals surface area contributed by atoms with Gasteiger partial charge in [0.15, 0.2) is 5.96 Å². The van der Waals surface area contributed by atoms with Crippen LogP contribution in [0.25, 0.3) is 0 Å². The van der Waals surface area contributed by atoms with Crippen LogP contribution in [0.1, 0.15) is 55.1 Å². The summed E-state index contributed by atoms with van der Waals surface area (Å²) >= 11 is 5.66. The van der Waals surface area contributed by atoms with Crippen LogP contribution < -0.4 is 22.1 Å². The summed E-state index contributed by atoms with van der Waals surface area (Å²) in [7, 11) is 0. The number of benzene rings is 2. The van der Waals surface area contributed by atoms with Crippen molar-refractivity contribution in [3.63, 3.8) is 0 Å². The van der Waals surface area contributed by atoms with Gasteiger partial charge in [-0.3, -0.25) is 10.1 Å². The molecule has 10 heteroatoms. The van der Waals surface area contributed by atoms with Gasteiger partial charge in [-0.1, -0.05) is 24.9 Å². The molecule has 3 atom stereocenters. The fourth-order valence-corrected chi connectivity index (χ4v) is 3.18. The van der Waals surface area contributed by atoms with Crippen LogP contribution in [-0.4, -0.2) is 24.1 Å². The predicted molar refractivity (Wildman–Crippen MR) is 120 cm³/mol. The smallest absolute Gasteiger partial charge is 0.258 e. The minimum atomic E-state index is -0.894. The van der Waals surface area contributed by atoms with Gasteiger partial charge in [-0.05, 0) is 49.2 Å². The molecule has 0 aliphatic heterocycles. The number of nitrogens with two attached hydrogens (primary N) is 2. The van der Waals surface area contributed by atoms with Gasteiger partial charge in [-0.25, -0.2) is 18.2 Å². The first-order chi connectivity index (χ1) is 15.1. The van der Waals surface area contributed by atoms with Crippen LogP contribution in [0.4, 0.5) is 13.2 Å². The zero-order chi connectivity index (χ0) is 23.8. The molecule has 0 saturated heterocycles. The van der Waals surface area contributed by atoms with E-state index < -0.39 is 35.6 Å². The topological polar surface area (TPSA) is 106 Å². The van der Waals surface area contributed by atoms with Crippen LogP contribution in [0.3, 0.4) is 0 Å². The first-order valence-corrected chi connectivity index (χ1v) is 10.5. The normalized spacial score (nSPS) is 14.6. The number of hydrogen-bond acceptors (Lipinski definition) is 4. The van der Waals surface area contributed by atoms with E-state index in [0.29, 0.717) is 0 Å². The van der Waals surface area contributed by atoms with Crippen LogP contribution in [0.15, 0.2) is 41.4 Å². The number of guanidine groups is 1. The lowest BCUT2D eigenvalue weighted by atomic mass is 10.0. The fourth-order valence-electron chi connectivity index (χ4n) is 3.07. The predicted octanol–water partition coefficient (Wildman–Crippen LogP) is 4.00. The largest absolute Gasteiger partial charge is 0.354 e. The van der Waals surface area contributed by atoms with Crippen molar-refractivity contribution in [2.24, 2.45) is 16.5 Å². The SMILES string of the molecule is CCCC(C)NC(=NC(N)CC(N)c1cc(F)cc(F)c1)NC(=O)c1ccc(Cl)c(F)c1. The lowest BCUT2D eigenvalue weighted by Gasteiger charge is -2.20. The number of amides is 1. The molecule has 0 fully saturated rings. The Balaban J connectivity index is 2.17. The summed E-state index contributed by atoms with van der Waals surface area (Å²) in [5, 5.41) is 5.54. The van der Waals surface area contributed by atoms with Crippen LogP contribution in [0.2, 0.25) is 5.02 Å². The quantitative estimate of drug-likeness (QED) is 0.346. The second kappa shape index (κ2) is 11.8. The minimum Gasteiger partial charge on any atom is -0.354 e. The molecule has 6 nitrogen and oxygen atoms in total. The summed E-state index contributed by atoms with van der Waals surface area (Å²) in [6.45, 7) is 3.91. The third-order valence-corrected chi connectivity index (χ3v) is 4.93. The number of carbonyl (C=O) groups is 1. The Morgan fingerprint density at radius 1 is 1.12 bits per heavy atom. The standard InChI is InChI=1S/C22H27ClF3N5O/c1-3-4-12(2)29-22(31-21(32)13-5-6-17(23)18(26)9-13)30-20(28)11-19(27)14-7-15(24)10-16(25)8-14/h5-10,12,19-20H,3-4,11,27-28H2,1-2H3,(H2,29,30,31,32). The Labute approximate surface area is 190 Å². The highest BCUT2D eigenvalue weighted by Gasteiger charge is 2.17. The van der Waals surface area contributed by atoms with E-state index in [1.165, 1.54) is 12.1 Å².